The normalized spacial score (nSPS) is 10.6. The summed E-state index contributed by atoms with van der Waals surface area (Å²) in [6.07, 6.45) is 3.49. The number of hydrogen-bond donors (Lipinski definition) is 2. The number of nitrogens with two attached hydrogens (primary N) is 1. The summed E-state index contributed by atoms with van der Waals surface area (Å²) in [5, 5.41) is 2.80. The van der Waals surface area contributed by atoms with Crippen LogP contribution >= 0.6 is 0 Å². The molecule has 0 saturated heterocycles. The first kappa shape index (κ1) is 13.4. The number of aromatic nitrogens is 2. The van der Waals surface area contributed by atoms with Gasteiger partial charge in [0.05, 0.1) is 11.9 Å². The van der Waals surface area contributed by atoms with E-state index in [1.165, 1.54) is 6.20 Å². The Kier molecular flexibility index (Phi) is 4.87. The third-order valence-electron chi connectivity index (χ3n) is 2.38. The Hall–Kier alpha value is -1.65. The Morgan fingerprint density at radius 1 is 1.53 bits per heavy atom. The number of anilines is 1. The van der Waals surface area contributed by atoms with E-state index in [0.29, 0.717) is 18.1 Å². The topological polar surface area (TPSA) is 80.9 Å². The van der Waals surface area contributed by atoms with E-state index in [4.69, 9.17) is 5.73 Å². The second-order valence-electron chi connectivity index (χ2n) is 4.30. The van der Waals surface area contributed by atoms with Crippen LogP contribution in [0, 0.1) is 0 Å². The molecule has 0 saturated carbocycles. The van der Waals surface area contributed by atoms with Gasteiger partial charge in [-0.05, 0) is 6.42 Å². The van der Waals surface area contributed by atoms with E-state index in [1.54, 1.807) is 0 Å². The first-order chi connectivity index (χ1) is 8.06. The van der Waals surface area contributed by atoms with Crippen molar-refractivity contribution in [3.63, 3.8) is 0 Å². The van der Waals surface area contributed by atoms with Crippen LogP contribution in [-0.4, -0.2) is 22.4 Å². The highest BCUT2D eigenvalue weighted by atomic mass is 16.1. The molecule has 0 bridgehead atoms. The van der Waals surface area contributed by atoms with E-state index >= 15 is 0 Å². The molecule has 1 aromatic heterocycles. The number of nitrogen functional groups attached to an aromatic ring is 1. The maximum Gasteiger partial charge on any atom is 0.272 e. The zero-order valence-corrected chi connectivity index (χ0v) is 10.7. The molecule has 17 heavy (non-hydrogen) atoms. The quantitative estimate of drug-likeness (QED) is 0.763. The fourth-order valence-corrected chi connectivity index (χ4v) is 1.33. The number of rotatable bonds is 5. The minimum atomic E-state index is -0.222. The van der Waals surface area contributed by atoms with E-state index in [2.05, 4.69) is 22.2 Å². The minimum absolute atomic E-state index is 0.179. The van der Waals surface area contributed by atoms with Gasteiger partial charge in [-0.3, -0.25) is 4.79 Å². The van der Waals surface area contributed by atoms with E-state index in [1.807, 2.05) is 13.8 Å². The molecular weight excluding hydrogens is 216 g/mol. The molecule has 1 amide bonds. The predicted octanol–water partition coefficient (Wildman–Crippen LogP) is 1.71. The Bertz CT molecular complexity index is 390. The predicted molar refractivity (Wildman–Crippen MR) is 67.8 cm³/mol. The molecule has 0 spiro atoms. The van der Waals surface area contributed by atoms with E-state index < -0.39 is 0 Å². The number of carbonyl (C=O) groups is 1. The van der Waals surface area contributed by atoms with Crippen molar-refractivity contribution in [1.82, 2.24) is 15.3 Å². The molecule has 5 nitrogen and oxygen atoms in total. The zero-order valence-electron chi connectivity index (χ0n) is 10.7. The van der Waals surface area contributed by atoms with Crippen LogP contribution in [0.5, 0.6) is 0 Å². The average molecular weight is 236 g/mol. The zero-order chi connectivity index (χ0) is 12.8. The summed E-state index contributed by atoms with van der Waals surface area (Å²) in [6.45, 7) is 6.67. The molecular formula is C12H20N4O. The van der Waals surface area contributed by atoms with Crippen LogP contribution in [0.2, 0.25) is 0 Å². The van der Waals surface area contributed by atoms with Crippen LogP contribution in [0.3, 0.4) is 0 Å². The Balaban J connectivity index is 2.81. The maximum absolute atomic E-state index is 11.8. The van der Waals surface area contributed by atoms with Gasteiger partial charge in [-0.15, -0.1) is 0 Å². The number of unbranched alkanes of at least 4 members (excludes halogenated alkanes) is 1. The molecule has 0 aliphatic carbocycles. The molecule has 0 fully saturated rings. The van der Waals surface area contributed by atoms with E-state index in [0.717, 1.165) is 12.8 Å². The SMILES string of the molecule is CCCCNC(=O)c1nc(C(C)C)ncc1N. The maximum atomic E-state index is 11.8. The van der Waals surface area contributed by atoms with Gasteiger partial charge < -0.3 is 11.1 Å². The third kappa shape index (κ3) is 3.69. The lowest BCUT2D eigenvalue weighted by molar-refractivity contribution is 0.0948. The lowest BCUT2D eigenvalue weighted by atomic mass is 10.2. The molecule has 0 aromatic carbocycles. The molecule has 3 N–H and O–H groups in total. The second-order valence-corrected chi connectivity index (χ2v) is 4.30. The van der Waals surface area contributed by atoms with Gasteiger partial charge in [0.15, 0.2) is 5.69 Å². The molecule has 0 unspecified atom stereocenters. The molecule has 0 atom stereocenters. The smallest absolute Gasteiger partial charge is 0.272 e. The average Bonchev–Trinajstić information content (AvgIpc) is 2.29. The number of carbonyl (C=O) groups excluding carboxylic acids is 1. The summed E-state index contributed by atoms with van der Waals surface area (Å²) in [4.78, 5) is 20.1. The summed E-state index contributed by atoms with van der Waals surface area (Å²) in [5.41, 5.74) is 6.31. The van der Waals surface area contributed by atoms with Gasteiger partial charge in [-0.1, -0.05) is 27.2 Å². The van der Waals surface area contributed by atoms with Crippen molar-refractivity contribution in [1.29, 1.82) is 0 Å². The van der Waals surface area contributed by atoms with Crippen LogP contribution in [0.25, 0.3) is 0 Å². The monoisotopic (exact) mass is 236 g/mol. The van der Waals surface area contributed by atoms with Gasteiger partial charge in [0, 0.05) is 12.5 Å². The molecule has 1 heterocycles. The van der Waals surface area contributed by atoms with Crippen molar-refractivity contribution in [2.45, 2.75) is 39.5 Å². The highest BCUT2D eigenvalue weighted by Crippen LogP contribution is 2.13. The van der Waals surface area contributed by atoms with Crippen LogP contribution in [-0.2, 0) is 0 Å². The summed E-state index contributed by atoms with van der Waals surface area (Å²) in [5.74, 6) is 0.595. The lowest BCUT2D eigenvalue weighted by Gasteiger charge is -2.09. The van der Waals surface area contributed by atoms with Crippen LogP contribution in [0.1, 0.15) is 55.8 Å². The van der Waals surface area contributed by atoms with Crippen molar-refractivity contribution in [2.75, 3.05) is 12.3 Å². The van der Waals surface area contributed by atoms with E-state index in [9.17, 15) is 4.79 Å². The number of hydrogen-bond acceptors (Lipinski definition) is 4. The van der Waals surface area contributed by atoms with Gasteiger partial charge in [0.1, 0.15) is 5.82 Å². The molecule has 1 rings (SSSR count). The van der Waals surface area contributed by atoms with Crippen molar-refractivity contribution in [3.05, 3.63) is 17.7 Å². The Morgan fingerprint density at radius 3 is 2.82 bits per heavy atom. The fraction of sp³-hybridized carbons (Fsp3) is 0.583. The van der Waals surface area contributed by atoms with Crippen molar-refractivity contribution < 1.29 is 4.79 Å². The molecule has 94 valence electrons. The molecule has 0 aliphatic rings. The van der Waals surface area contributed by atoms with Gasteiger partial charge in [0.2, 0.25) is 0 Å². The lowest BCUT2D eigenvalue weighted by Crippen LogP contribution is -2.27. The van der Waals surface area contributed by atoms with Crippen molar-refractivity contribution in [2.24, 2.45) is 0 Å². The molecule has 5 heteroatoms. The highest BCUT2D eigenvalue weighted by molar-refractivity contribution is 5.96. The number of nitrogens with zero attached hydrogens (tertiary/aromatic N) is 2. The standard InChI is InChI=1S/C12H20N4O/c1-4-5-6-14-12(17)10-9(13)7-15-11(16-10)8(2)3/h7-8H,4-6,13H2,1-3H3,(H,14,17). The molecule has 1 aromatic rings. The largest absolute Gasteiger partial charge is 0.396 e. The van der Waals surface area contributed by atoms with E-state index in [-0.39, 0.29) is 17.5 Å². The fourth-order valence-electron chi connectivity index (χ4n) is 1.33. The summed E-state index contributed by atoms with van der Waals surface area (Å²) in [7, 11) is 0. The summed E-state index contributed by atoms with van der Waals surface area (Å²) < 4.78 is 0. The van der Waals surface area contributed by atoms with Gasteiger partial charge in [-0.25, -0.2) is 9.97 Å². The van der Waals surface area contributed by atoms with Crippen LogP contribution in [0.4, 0.5) is 5.69 Å². The van der Waals surface area contributed by atoms with Crippen molar-refractivity contribution in [3.8, 4) is 0 Å². The van der Waals surface area contributed by atoms with Crippen LogP contribution in [0.15, 0.2) is 6.20 Å². The highest BCUT2D eigenvalue weighted by Gasteiger charge is 2.14. The van der Waals surface area contributed by atoms with Gasteiger partial charge in [0.25, 0.3) is 5.91 Å². The first-order valence-electron chi connectivity index (χ1n) is 5.96. The van der Waals surface area contributed by atoms with Gasteiger partial charge >= 0.3 is 0 Å². The first-order valence-corrected chi connectivity index (χ1v) is 5.96. The van der Waals surface area contributed by atoms with Crippen molar-refractivity contribution >= 4 is 11.6 Å². The second kappa shape index (κ2) is 6.18. The molecule has 0 aliphatic heterocycles. The Labute approximate surface area is 102 Å². The Morgan fingerprint density at radius 2 is 2.24 bits per heavy atom. The summed E-state index contributed by atoms with van der Waals surface area (Å²) >= 11 is 0. The number of nitrogens with one attached hydrogen (secondary N) is 1. The molecule has 0 radical (unpaired) electrons. The van der Waals surface area contributed by atoms with Gasteiger partial charge in [-0.2, -0.15) is 0 Å². The summed E-state index contributed by atoms with van der Waals surface area (Å²) in [6, 6.07) is 0. The number of amides is 1. The van der Waals surface area contributed by atoms with Crippen LogP contribution < -0.4 is 11.1 Å². The minimum Gasteiger partial charge on any atom is -0.396 e. The third-order valence-corrected chi connectivity index (χ3v) is 2.38.